The van der Waals surface area contributed by atoms with Gasteiger partial charge >= 0.3 is 35.6 Å². The molecule has 12 nitrogen and oxygen atoms in total. The van der Waals surface area contributed by atoms with Crippen molar-refractivity contribution in [2.45, 2.75) is 6.04 Å². The van der Waals surface area contributed by atoms with Crippen molar-refractivity contribution in [2.24, 2.45) is 0 Å². The van der Waals surface area contributed by atoms with E-state index in [1.54, 1.807) is 24.3 Å². The second-order valence-electron chi connectivity index (χ2n) is 6.01. The van der Waals surface area contributed by atoms with Crippen molar-refractivity contribution in [3.63, 3.8) is 0 Å². The van der Waals surface area contributed by atoms with Crippen molar-refractivity contribution in [3.05, 3.63) is 48.4 Å². The molecule has 1 N–H and O–H groups in total. The maximum atomic E-state index is 12.3. The Kier molecular flexibility index (Phi) is 6.07. The van der Waals surface area contributed by atoms with Gasteiger partial charge in [0.05, 0.1) is 12.2 Å². The van der Waals surface area contributed by atoms with E-state index in [4.69, 9.17) is 0 Å². The van der Waals surface area contributed by atoms with Gasteiger partial charge < -0.3 is 14.8 Å². The average Bonchev–Trinajstić information content (AvgIpc) is 3.22. The number of fused-ring (bicyclic) bond motifs is 2. The fourth-order valence-electron chi connectivity index (χ4n) is 2.94. The van der Waals surface area contributed by atoms with Crippen LogP contribution in [0.2, 0.25) is 0 Å². The number of hydrogen-bond donors (Lipinski definition) is 1. The van der Waals surface area contributed by atoms with Gasteiger partial charge in [-0.25, -0.2) is 22.9 Å². The number of pyridine rings is 1. The smallest absolute Gasteiger partial charge is 0.724 e. The number of urea groups is 1. The standard InChI is InChI=1S/C15H14N6O6S.Na/c22-14(17-13-3-1-2-5-16-13)12-4-6-20(18-12)10-7-11-9-19(8-10)15(23)21(11)27-28(24,25)26;/h1-7,11H,8-9H2,(H,16,17,22)(H,24,25,26);/q;+1/p-1. The summed E-state index contributed by atoms with van der Waals surface area (Å²) in [6.07, 6.45) is 4.63. The summed E-state index contributed by atoms with van der Waals surface area (Å²) in [6, 6.07) is 5.06. The number of hydroxylamine groups is 2. The van der Waals surface area contributed by atoms with Crippen molar-refractivity contribution >= 4 is 33.9 Å². The van der Waals surface area contributed by atoms with Crippen LogP contribution in [0.25, 0.3) is 5.70 Å². The number of carbonyl (C=O) groups excluding carboxylic acids is 2. The molecular formula is C15H13N6NaO6S. The molecule has 2 aliphatic heterocycles. The first-order chi connectivity index (χ1) is 13.3. The Morgan fingerprint density at radius 1 is 1.31 bits per heavy atom. The van der Waals surface area contributed by atoms with E-state index in [0.717, 1.165) is 0 Å². The summed E-state index contributed by atoms with van der Waals surface area (Å²) in [7, 11) is -5.08. The first kappa shape index (κ1) is 21.4. The van der Waals surface area contributed by atoms with E-state index in [1.807, 2.05) is 0 Å². The van der Waals surface area contributed by atoms with Gasteiger partial charge in [-0.2, -0.15) is 14.4 Å². The number of anilines is 1. The molecule has 1 unspecified atom stereocenters. The van der Waals surface area contributed by atoms with Crippen molar-refractivity contribution in [1.29, 1.82) is 0 Å². The van der Waals surface area contributed by atoms with Crippen LogP contribution in [-0.4, -0.2) is 68.8 Å². The van der Waals surface area contributed by atoms with Gasteiger partial charge in [0.25, 0.3) is 5.91 Å². The van der Waals surface area contributed by atoms with Crippen LogP contribution in [0.1, 0.15) is 10.5 Å². The molecule has 146 valence electrons. The monoisotopic (exact) mass is 428 g/mol. The molecule has 4 heterocycles. The number of nitrogens with zero attached hydrogens (tertiary/aromatic N) is 5. The molecule has 0 spiro atoms. The molecule has 0 saturated carbocycles. The van der Waals surface area contributed by atoms with Crippen molar-refractivity contribution in [1.82, 2.24) is 24.7 Å². The molecule has 4 rings (SSSR count). The molecule has 1 saturated heterocycles. The molecule has 0 radical (unpaired) electrons. The quantitative estimate of drug-likeness (QED) is 0.299. The maximum absolute atomic E-state index is 12.3. The van der Waals surface area contributed by atoms with Gasteiger partial charge in [0.15, 0.2) is 5.69 Å². The fraction of sp³-hybridized carbons (Fsp3) is 0.200. The molecule has 2 aliphatic rings. The minimum atomic E-state index is -5.08. The van der Waals surface area contributed by atoms with E-state index in [9.17, 15) is 22.6 Å². The molecule has 14 heteroatoms. The first-order valence-electron chi connectivity index (χ1n) is 8.03. The molecule has 29 heavy (non-hydrogen) atoms. The Labute approximate surface area is 187 Å². The number of nitrogens with one attached hydrogen (secondary N) is 1. The second kappa shape index (κ2) is 8.22. The Bertz CT molecular complexity index is 1070. The molecular weight excluding hydrogens is 415 g/mol. The second-order valence-corrected chi connectivity index (χ2v) is 6.98. The summed E-state index contributed by atoms with van der Waals surface area (Å²) < 4.78 is 38.1. The summed E-state index contributed by atoms with van der Waals surface area (Å²) in [5, 5.41) is 7.31. The minimum absolute atomic E-state index is 0. The van der Waals surface area contributed by atoms with E-state index in [0.29, 0.717) is 16.6 Å². The number of rotatable bonds is 5. The molecule has 2 aromatic rings. The zero-order valence-electron chi connectivity index (χ0n) is 15.1. The van der Waals surface area contributed by atoms with Crippen LogP contribution in [-0.2, 0) is 14.7 Å². The summed E-state index contributed by atoms with van der Waals surface area (Å²) in [5.74, 6) is -0.0871. The van der Waals surface area contributed by atoms with Crippen LogP contribution in [0.5, 0.6) is 0 Å². The van der Waals surface area contributed by atoms with Crippen LogP contribution >= 0.6 is 0 Å². The minimum Gasteiger partial charge on any atom is -0.724 e. The van der Waals surface area contributed by atoms with E-state index in [1.165, 1.54) is 28.0 Å². The molecule has 1 fully saturated rings. The van der Waals surface area contributed by atoms with Crippen LogP contribution in [0.3, 0.4) is 0 Å². The molecule has 3 amide bonds. The Hall–Kier alpha value is -2.29. The first-order valence-corrected chi connectivity index (χ1v) is 9.36. The molecule has 2 aromatic heterocycles. The third-order valence-corrected chi connectivity index (χ3v) is 4.44. The number of aromatic nitrogens is 3. The zero-order chi connectivity index (χ0) is 19.9. The number of carbonyl (C=O) groups is 2. The summed E-state index contributed by atoms with van der Waals surface area (Å²) in [4.78, 5) is 29.7. The topological polar surface area (TPSA) is 150 Å². The molecule has 0 aliphatic carbocycles. The average molecular weight is 428 g/mol. The predicted octanol–water partition coefficient (Wildman–Crippen LogP) is -3.11. The van der Waals surface area contributed by atoms with Gasteiger partial charge in [-0.05, 0) is 24.3 Å². The number of hydrogen-bond acceptors (Lipinski definition) is 8. The van der Waals surface area contributed by atoms with E-state index >= 15 is 0 Å². The van der Waals surface area contributed by atoms with Crippen molar-refractivity contribution in [2.75, 3.05) is 18.4 Å². The molecule has 1 atom stereocenters. The fourth-order valence-corrected chi connectivity index (χ4v) is 3.31. The van der Waals surface area contributed by atoms with Crippen LogP contribution in [0, 0.1) is 0 Å². The van der Waals surface area contributed by atoms with Crippen molar-refractivity contribution in [3.8, 4) is 0 Å². The third-order valence-electron chi connectivity index (χ3n) is 4.10. The van der Waals surface area contributed by atoms with E-state index in [2.05, 4.69) is 19.7 Å². The molecule has 2 bridgehead atoms. The Morgan fingerprint density at radius 3 is 2.79 bits per heavy atom. The summed E-state index contributed by atoms with van der Waals surface area (Å²) in [6.45, 7) is 0.281. The van der Waals surface area contributed by atoms with Crippen LogP contribution in [0.15, 0.2) is 42.7 Å². The van der Waals surface area contributed by atoms with Gasteiger partial charge in [0, 0.05) is 18.9 Å². The van der Waals surface area contributed by atoms with Gasteiger partial charge in [-0.3, -0.25) is 4.79 Å². The van der Waals surface area contributed by atoms with Crippen LogP contribution < -0.4 is 34.9 Å². The summed E-state index contributed by atoms with van der Waals surface area (Å²) in [5.41, 5.74) is 0.650. The third kappa shape index (κ3) is 4.66. The van der Waals surface area contributed by atoms with E-state index in [-0.39, 0.29) is 48.3 Å². The van der Waals surface area contributed by atoms with Gasteiger partial charge in [-0.1, -0.05) is 6.07 Å². The maximum Gasteiger partial charge on any atom is 1.00 e. The zero-order valence-corrected chi connectivity index (χ0v) is 17.9. The van der Waals surface area contributed by atoms with E-state index < -0.39 is 28.4 Å². The van der Waals surface area contributed by atoms with Gasteiger partial charge in [0.1, 0.15) is 11.9 Å². The molecule has 0 aromatic carbocycles. The van der Waals surface area contributed by atoms with Gasteiger partial charge in [-0.15, -0.1) is 0 Å². The summed E-state index contributed by atoms with van der Waals surface area (Å²) >= 11 is 0. The number of amides is 3. The largest absolute Gasteiger partial charge is 1.00 e. The van der Waals surface area contributed by atoms with Gasteiger partial charge in [0.2, 0.25) is 10.4 Å². The SMILES string of the molecule is O=C(Nc1ccccn1)c1ccn(C2=CC3CN(C2)C(=O)N3OS(=O)(=O)[O-])n1.[Na+]. The predicted molar refractivity (Wildman–Crippen MR) is 92.1 cm³/mol. The van der Waals surface area contributed by atoms with Crippen molar-refractivity contribution < 1.29 is 56.4 Å². The Morgan fingerprint density at radius 2 is 2.10 bits per heavy atom. The van der Waals surface area contributed by atoms with Crippen LogP contribution in [0.4, 0.5) is 10.6 Å². The Balaban J connectivity index is 0.00000240. The normalized spacial score (nSPS) is 18.3.